The van der Waals surface area contributed by atoms with Crippen molar-refractivity contribution in [2.24, 2.45) is 0 Å². The summed E-state index contributed by atoms with van der Waals surface area (Å²) in [6, 6.07) is -0.0835. The third kappa shape index (κ3) is 3.41. The van der Waals surface area contributed by atoms with Gasteiger partial charge in [-0.1, -0.05) is 0 Å². The largest absolute Gasteiger partial charge is 0.358 e. The second-order valence-electron chi connectivity index (χ2n) is 5.76. The van der Waals surface area contributed by atoms with E-state index >= 15 is 0 Å². The molecular formula is C15H23N5O2. The van der Waals surface area contributed by atoms with Crippen LogP contribution in [-0.2, 0) is 4.79 Å². The minimum atomic E-state index is -0.332. The smallest absolute Gasteiger partial charge is 0.274 e. The molecule has 2 heterocycles. The monoisotopic (exact) mass is 305 g/mol. The Bertz CT molecular complexity index is 543. The first-order chi connectivity index (χ1) is 10.4. The van der Waals surface area contributed by atoms with Gasteiger partial charge in [-0.3, -0.25) is 19.5 Å². The van der Waals surface area contributed by atoms with Crippen molar-refractivity contribution in [3.63, 3.8) is 0 Å². The van der Waals surface area contributed by atoms with E-state index in [1.807, 2.05) is 6.92 Å². The Morgan fingerprint density at radius 3 is 2.55 bits per heavy atom. The van der Waals surface area contributed by atoms with Gasteiger partial charge in [0.1, 0.15) is 11.7 Å². The number of carbonyl (C=O) groups excluding carboxylic acids is 2. The molecule has 0 aromatic carbocycles. The second kappa shape index (κ2) is 6.83. The quantitative estimate of drug-likeness (QED) is 0.855. The van der Waals surface area contributed by atoms with Gasteiger partial charge in [0, 0.05) is 38.9 Å². The predicted octanol–water partition coefficient (Wildman–Crippen LogP) is 0.0658. The molecule has 1 atom stereocenters. The van der Waals surface area contributed by atoms with E-state index < -0.39 is 0 Å². The zero-order valence-electron chi connectivity index (χ0n) is 13.5. The lowest BCUT2D eigenvalue weighted by atomic mass is 10.1. The Hall–Kier alpha value is -2.02. The van der Waals surface area contributed by atoms with Gasteiger partial charge in [0.25, 0.3) is 5.91 Å². The number of rotatable bonds is 3. The highest BCUT2D eigenvalue weighted by atomic mass is 16.2. The number of piperazine rings is 1. The fourth-order valence-electron chi connectivity index (χ4n) is 2.66. The van der Waals surface area contributed by atoms with E-state index in [1.165, 1.54) is 6.20 Å². The van der Waals surface area contributed by atoms with Crippen molar-refractivity contribution in [3.8, 4) is 0 Å². The average molecular weight is 305 g/mol. The molecule has 0 spiro atoms. The van der Waals surface area contributed by atoms with Crippen LogP contribution >= 0.6 is 0 Å². The number of nitrogens with zero attached hydrogens (tertiary/aromatic N) is 4. The summed E-state index contributed by atoms with van der Waals surface area (Å²) in [7, 11) is 1.62. The number of amides is 2. The molecule has 1 fully saturated rings. The third-order valence-electron chi connectivity index (χ3n) is 3.92. The van der Waals surface area contributed by atoms with E-state index in [9.17, 15) is 9.59 Å². The summed E-state index contributed by atoms with van der Waals surface area (Å²) in [5, 5.41) is 2.68. The predicted molar refractivity (Wildman–Crippen MR) is 82.4 cm³/mol. The minimum Gasteiger partial charge on any atom is -0.358 e. The van der Waals surface area contributed by atoms with Gasteiger partial charge in [0.05, 0.1) is 11.9 Å². The van der Waals surface area contributed by atoms with E-state index in [0.29, 0.717) is 25.3 Å². The summed E-state index contributed by atoms with van der Waals surface area (Å²) in [6.45, 7) is 7.55. The molecule has 22 heavy (non-hydrogen) atoms. The Morgan fingerprint density at radius 1 is 1.27 bits per heavy atom. The van der Waals surface area contributed by atoms with Crippen molar-refractivity contribution < 1.29 is 9.59 Å². The maximum Gasteiger partial charge on any atom is 0.274 e. The summed E-state index contributed by atoms with van der Waals surface area (Å²) in [4.78, 5) is 36.7. The van der Waals surface area contributed by atoms with Crippen LogP contribution in [0.3, 0.4) is 0 Å². The molecule has 0 radical (unpaired) electrons. The SMILES string of the molecule is CNC(=O)C1CN(C(=O)c2cnc(C)cn2)CCN1C(C)C. The minimum absolute atomic E-state index is 0.0683. The summed E-state index contributed by atoms with van der Waals surface area (Å²) >= 11 is 0. The molecule has 120 valence electrons. The maximum atomic E-state index is 12.5. The number of hydrogen-bond acceptors (Lipinski definition) is 5. The lowest BCUT2D eigenvalue weighted by molar-refractivity contribution is -0.128. The van der Waals surface area contributed by atoms with Crippen molar-refractivity contribution in [2.45, 2.75) is 32.9 Å². The topological polar surface area (TPSA) is 78.4 Å². The molecule has 2 amide bonds. The average Bonchev–Trinajstić information content (AvgIpc) is 2.53. The van der Waals surface area contributed by atoms with Crippen molar-refractivity contribution in [2.75, 3.05) is 26.7 Å². The number of nitrogens with one attached hydrogen (secondary N) is 1. The van der Waals surface area contributed by atoms with Gasteiger partial charge in [-0.05, 0) is 20.8 Å². The fraction of sp³-hybridized carbons (Fsp3) is 0.600. The first-order valence-corrected chi connectivity index (χ1v) is 7.49. The number of hydrogen-bond donors (Lipinski definition) is 1. The van der Waals surface area contributed by atoms with Gasteiger partial charge in [0.2, 0.25) is 5.91 Å². The van der Waals surface area contributed by atoms with Crippen molar-refractivity contribution >= 4 is 11.8 Å². The van der Waals surface area contributed by atoms with Crippen molar-refractivity contribution in [1.82, 2.24) is 25.1 Å². The number of carbonyl (C=O) groups is 2. The summed E-state index contributed by atoms with van der Waals surface area (Å²) in [5.41, 5.74) is 1.09. The first-order valence-electron chi connectivity index (χ1n) is 7.49. The van der Waals surface area contributed by atoms with Gasteiger partial charge in [-0.25, -0.2) is 4.98 Å². The highest BCUT2D eigenvalue weighted by molar-refractivity contribution is 5.93. The standard InChI is InChI=1S/C15H23N5O2/c1-10(2)20-6-5-19(9-13(20)14(21)16-4)15(22)12-8-17-11(3)7-18-12/h7-8,10,13H,5-6,9H2,1-4H3,(H,16,21). The molecule has 0 aliphatic carbocycles. The van der Waals surface area contributed by atoms with E-state index in [2.05, 4.69) is 34.0 Å². The Labute approximate surface area is 130 Å². The molecule has 1 N–H and O–H groups in total. The molecule has 1 aliphatic rings. The van der Waals surface area contributed by atoms with Crippen LogP contribution in [0.4, 0.5) is 0 Å². The van der Waals surface area contributed by atoms with Gasteiger partial charge in [-0.2, -0.15) is 0 Å². The van der Waals surface area contributed by atoms with Crippen molar-refractivity contribution in [3.05, 3.63) is 23.8 Å². The van der Waals surface area contributed by atoms with Gasteiger partial charge in [-0.15, -0.1) is 0 Å². The number of aryl methyl sites for hydroxylation is 1. The molecule has 2 rings (SSSR count). The van der Waals surface area contributed by atoms with Crippen LogP contribution in [0.15, 0.2) is 12.4 Å². The van der Waals surface area contributed by atoms with Gasteiger partial charge < -0.3 is 10.2 Å². The van der Waals surface area contributed by atoms with Crippen LogP contribution in [0.25, 0.3) is 0 Å². The Morgan fingerprint density at radius 2 is 2.00 bits per heavy atom. The molecule has 1 aromatic rings. The highest BCUT2D eigenvalue weighted by Crippen LogP contribution is 2.15. The highest BCUT2D eigenvalue weighted by Gasteiger charge is 2.35. The van der Waals surface area contributed by atoms with E-state index in [1.54, 1.807) is 18.1 Å². The molecule has 7 nitrogen and oxygen atoms in total. The lowest BCUT2D eigenvalue weighted by Gasteiger charge is -2.42. The zero-order chi connectivity index (χ0) is 16.3. The lowest BCUT2D eigenvalue weighted by Crippen LogP contribution is -2.61. The summed E-state index contributed by atoms with van der Waals surface area (Å²) in [6.07, 6.45) is 3.06. The summed E-state index contributed by atoms with van der Waals surface area (Å²) < 4.78 is 0. The zero-order valence-corrected chi connectivity index (χ0v) is 13.5. The Balaban J connectivity index is 2.15. The maximum absolute atomic E-state index is 12.5. The molecule has 1 unspecified atom stereocenters. The molecule has 0 bridgehead atoms. The van der Waals surface area contributed by atoms with E-state index in [4.69, 9.17) is 0 Å². The van der Waals surface area contributed by atoms with Gasteiger partial charge in [0.15, 0.2) is 0 Å². The fourth-order valence-corrected chi connectivity index (χ4v) is 2.66. The van der Waals surface area contributed by atoms with Crippen LogP contribution in [-0.4, -0.2) is 70.3 Å². The molecule has 1 aliphatic heterocycles. The number of likely N-dealkylation sites (N-methyl/N-ethyl adjacent to an activating group) is 1. The van der Waals surface area contributed by atoms with Crippen LogP contribution in [0, 0.1) is 6.92 Å². The van der Waals surface area contributed by atoms with Crippen LogP contribution in [0.1, 0.15) is 30.0 Å². The molecule has 1 aromatic heterocycles. The van der Waals surface area contributed by atoms with E-state index in [0.717, 1.165) is 5.69 Å². The Kier molecular flexibility index (Phi) is 5.07. The van der Waals surface area contributed by atoms with Crippen molar-refractivity contribution in [1.29, 1.82) is 0 Å². The second-order valence-corrected chi connectivity index (χ2v) is 5.76. The first kappa shape index (κ1) is 16.4. The number of aromatic nitrogens is 2. The molecular weight excluding hydrogens is 282 g/mol. The third-order valence-corrected chi connectivity index (χ3v) is 3.92. The molecule has 0 saturated carbocycles. The molecule has 7 heteroatoms. The van der Waals surface area contributed by atoms with E-state index in [-0.39, 0.29) is 23.9 Å². The summed E-state index contributed by atoms with van der Waals surface area (Å²) in [5.74, 6) is -0.244. The van der Waals surface area contributed by atoms with Crippen LogP contribution in [0.2, 0.25) is 0 Å². The van der Waals surface area contributed by atoms with Gasteiger partial charge >= 0.3 is 0 Å². The molecule has 1 saturated heterocycles. The van der Waals surface area contributed by atoms with Crippen LogP contribution < -0.4 is 5.32 Å². The normalized spacial score (nSPS) is 19.3. The van der Waals surface area contributed by atoms with Crippen LogP contribution in [0.5, 0.6) is 0 Å².